The number of rotatable bonds is 3. The Hall–Kier alpha value is -2.25. The molecule has 25 heavy (non-hydrogen) atoms. The number of carbonyl (C=O) groups is 1. The standard InChI is InChI=1S/C18H21N3O3S/c1-14-6-7-16(13-15(14)2)25(23,24)21-11-9-20(10-12-21)18(22)17-5-3-4-8-19-17/h3-8,13H,9-12H2,1-2H3. The Balaban J connectivity index is 1.71. The Morgan fingerprint density at radius 2 is 1.72 bits per heavy atom. The van der Waals surface area contributed by atoms with Crippen molar-refractivity contribution < 1.29 is 13.2 Å². The zero-order valence-electron chi connectivity index (χ0n) is 14.3. The number of pyridine rings is 1. The first kappa shape index (κ1) is 17.6. The van der Waals surface area contributed by atoms with Crippen molar-refractivity contribution in [2.24, 2.45) is 0 Å². The van der Waals surface area contributed by atoms with Crippen LogP contribution >= 0.6 is 0 Å². The summed E-state index contributed by atoms with van der Waals surface area (Å²) < 4.78 is 27.1. The van der Waals surface area contributed by atoms with E-state index in [9.17, 15) is 13.2 Å². The summed E-state index contributed by atoms with van der Waals surface area (Å²) in [6.45, 7) is 5.15. The van der Waals surface area contributed by atoms with E-state index in [1.54, 1.807) is 41.4 Å². The van der Waals surface area contributed by atoms with Crippen molar-refractivity contribution >= 4 is 15.9 Å². The van der Waals surface area contributed by atoms with Crippen LogP contribution in [0, 0.1) is 13.8 Å². The lowest BCUT2D eigenvalue weighted by molar-refractivity contribution is 0.0692. The number of aryl methyl sites for hydroxylation is 2. The van der Waals surface area contributed by atoms with Crippen LogP contribution in [0.2, 0.25) is 0 Å². The number of amides is 1. The number of aromatic nitrogens is 1. The molecule has 0 saturated carbocycles. The van der Waals surface area contributed by atoms with Crippen molar-refractivity contribution in [3.05, 3.63) is 59.4 Å². The normalized spacial score (nSPS) is 16.0. The summed E-state index contributed by atoms with van der Waals surface area (Å²) in [6.07, 6.45) is 1.58. The van der Waals surface area contributed by atoms with Gasteiger partial charge in [0.25, 0.3) is 5.91 Å². The monoisotopic (exact) mass is 359 g/mol. The second-order valence-corrected chi connectivity index (χ2v) is 8.10. The summed E-state index contributed by atoms with van der Waals surface area (Å²) >= 11 is 0. The molecular weight excluding hydrogens is 338 g/mol. The van der Waals surface area contributed by atoms with Gasteiger partial charge in [0.15, 0.2) is 0 Å². The smallest absolute Gasteiger partial charge is 0.272 e. The van der Waals surface area contributed by atoms with Gasteiger partial charge in [-0.05, 0) is 49.2 Å². The van der Waals surface area contributed by atoms with E-state index in [1.165, 1.54) is 4.31 Å². The van der Waals surface area contributed by atoms with E-state index in [-0.39, 0.29) is 19.0 Å². The first-order chi connectivity index (χ1) is 11.9. The largest absolute Gasteiger partial charge is 0.335 e. The number of nitrogens with zero attached hydrogens (tertiary/aromatic N) is 3. The topological polar surface area (TPSA) is 70.6 Å². The van der Waals surface area contributed by atoms with Gasteiger partial charge < -0.3 is 4.90 Å². The molecular formula is C18H21N3O3S. The molecule has 0 N–H and O–H groups in total. The third-order valence-corrected chi connectivity index (χ3v) is 6.42. The minimum absolute atomic E-state index is 0.163. The lowest BCUT2D eigenvalue weighted by Gasteiger charge is -2.33. The highest BCUT2D eigenvalue weighted by molar-refractivity contribution is 7.89. The van der Waals surface area contributed by atoms with Crippen LogP contribution in [0.5, 0.6) is 0 Å². The molecule has 0 spiro atoms. The van der Waals surface area contributed by atoms with Gasteiger partial charge in [-0.15, -0.1) is 0 Å². The summed E-state index contributed by atoms with van der Waals surface area (Å²) in [4.78, 5) is 18.4. The van der Waals surface area contributed by atoms with Gasteiger partial charge in [-0.3, -0.25) is 9.78 Å². The Bertz CT molecular complexity index is 874. The van der Waals surface area contributed by atoms with E-state index in [2.05, 4.69) is 4.98 Å². The summed E-state index contributed by atoms with van der Waals surface area (Å²) in [6, 6.07) is 10.4. The molecule has 0 atom stereocenters. The fourth-order valence-corrected chi connectivity index (χ4v) is 4.31. The Labute approximate surface area is 148 Å². The number of benzene rings is 1. The second-order valence-electron chi connectivity index (χ2n) is 6.16. The number of hydrogen-bond donors (Lipinski definition) is 0. The lowest BCUT2D eigenvalue weighted by Crippen LogP contribution is -2.50. The van der Waals surface area contributed by atoms with Crippen LogP contribution in [0.1, 0.15) is 21.6 Å². The van der Waals surface area contributed by atoms with Gasteiger partial charge in [-0.2, -0.15) is 4.31 Å². The van der Waals surface area contributed by atoms with Crippen molar-refractivity contribution in [3.63, 3.8) is 0 Å². The molecule has 1 fully saturated rings. The second kappa shape index (κ2) is 6.93. The molecule has 2 heterocycles. The molecule has 6 nitrogen and oxygen atoms in total. The van der Waals surface area contributed by atoms with E-state index in [1.807, 2.05) is 19.9 Å². The molecule has 3 rings (SSSR count). The van der Waals surface area contributed by atoms with E-state index in [0.29, 0.717) is 23.7 Å². The molecule has 1 amide bonds. The summed E-state index contributed by atoms with van der Waals surface area (Å²) in [5, 5.41) is 0. The average molecular weight is 359 g/mol. The maximum atomic E-state index is 12.8. The number of hydrogen-bond acceptors (Lipinski definition) is 4. The van der Waals surface area contributed by atoms with Crippen LogP contribution in [0.3, 0.4) is 0 Å². The summed E-state index contributed by atoms with van der Waals surface area (Å²) in [5.41, 5.74) is 2.39. The van der Waals surface area contributed by atoms with Crippen LogP contribution in [-0.2, 0) is 10.0 Å². The van der Waals surface area contributed by atoms with Crippen LogP contribution in [-0.4, -0.2) is 54.7 Å². The van der Waals surface area contributed by atoms with Crippen molar-refractivity contribution in [2.45, 2.75) is 18.7 Å². The molecule has 132 valence electrons. The Kier molecular flexibility index (Phi) is 4.87. The van der Waals surface area contributed by atoms with Crippen molar-refractivity contribution in [3.8, 4) is 0 Å². The fraction of sp³-hybridized carbons (Fsp3) is 0.333. The molecule has 1 aromatic carbocycles. The molecule has 1 saturated heterocycles. The van der Waals surface area contributed by atoms with Crippen molar-refractivity contribution in [2.75, 3.05) is 26.2 Å². The number of piperazine rings is 1. The molecule has 0 radical (unpaired) electrons. The predicted molar refractivity (Wildman–Crippen MR) is 94.8 cm³/mol. The minimum Gasteiger partial charge on any atom is -0.335 e. The van der Waals surface area contributed by atoms with Gasteiger partial charge in [0.05, 0.1) is 4.90 Å². The molecule has 1 aromatic heterocycles. The Morgan fingerprint density at radius 3 is 2.32 bits per heavy atom. The molecule has 1 aliphatic heterocycles. The number of carbonyl (C=O) groups excluding carboxylic acids is 1. The molecule has 7 heteroatoms. The predicted octanol–water partition coefficient (Wildman–Crippen LogP) is 1.85. The number of sulfonamides is 1. The van der Waals surface area contributed by atoms with Crippen LogP contribution in [0.25, 0.3) is 0 Å². The quantitative estimate of drug-likeness (QED) is 0.838. The lowest BCUT2D eigenvalue weighted by atomic mass is 10.1. The molecule has 0 unspecified atom stereocenters. The first-order valence-electron chi connectivity index (χ1n) is 8.17. The van der Waals surface area contributed by atoms with Gasteiger partial charge in [-0.1, -0.05) is 12.1 Å². The van der Waals surface area contributed by atoms with Crippen LogP contribution in [0.4, 0.5) is 0 Å². The van der Waals surface area contributed by atoms with Gasteiger partial charge in [0.2, 0.25) is 10.0 Å². The van der Waals surface area contributed by atoms with E-state index < -0.39 is 10.0 Å². The molecule has 2 aromatic rings. The maximum absolute atomic E-state index is 12.8. The highest BCUT2D eigenvalue weighted by atomic mass is 32.2. The summed E-state index contributed by atoms with van der Waals surface area (Å²) in [7, 11) is -3.54. The van der Waals surface area contributed by atoms with E-state index in [0.717, 1.165) is 11.1 Å². The van der Waals surface area contributed by atoms with Crippen LogP contribution < -0.4 is 0 Å². The zero-order valence-corrected chi connectivity index (χ0v) is 15.2. The third kappa shape index (κ3) is 3.57. The van der Waals surface area contributed by atoms with Crippen molar-refractivity contribution in [1.82, 2.24) is 14.2 Å². The van der Waals surface area contributed by atoms with Gasteiger partial charge >= 0.3 is 0 Å². The van der Waals surface area contributed by atoms with Crippen LogP contribution in [0.15, 0.2) is 47.5 Å². The van der Waals surface area contributed by atoms with Gasteiger partial charge in [0.1, 0.15) is 5.69 Å². The molecule has 0 aliphatic carbocycles. The average Bonchev–Trinajstić information content (AvgIpc) is 2.64. The zero-order chi connectivity index (χ0) is 18.0. The first-order valence-corrected chi connectivity index (χ1v) is 9.61. The third-order valence-electron chi connectivity index (χ3n) is 4.53. The highest BCUT2D eigenvalue weighted by Gasteiger charge is 2.30. The Morgan fingerprint density at radius 1 is 1.00 bits per heavy atom. The van der Waals surface area contributed by atoms with Crippen molar-refractivity contribution in [1.29, 1.82) is 0 Å². The fourth-order valence-electron chi connectivity index (χ4n) is 2.81. The van der Waals surface area contributed by atoms with Gasteiger partial charge in [0, 0.05) is 32.4 Å². The molecule has 0 bridgehead atoms. The maximum Gasteiger partial charge on any atom is 0.272 e. The summed E-state index contributed by atoms with van der Waals surface area (Å²) in [5.74, 6) is -0.163. The highest BCUT2D eigenvalue weighted by Crippen LogP contribution is 2.20. The van der Waals surface area contributed by atoms with E-state index in [4.69, 9.17) is 0 Å². The van der Waals surface area contributed by atoms with E-state index >= 15 is 0 Å². The minimum atomic E-state index is -3.54. The van der Waals surface area contributed by atoms with Gasteiger partial charge in [-0.25, -0.2) is 8.42 Å². The SMILES string of the molecule is Cc1ccc(S(=O)(=O)N2CCN(C(=O)c3ccccn3)CC2)cc1C. The molecule has 1 aliphatic rings.